The highest BCUT2D eigenvalue weighted by atomic mass is 35.5. The van der Waals surface area contributed by atoms with Crippen LogP contribution >= 0.6 is 11.6 Å². The number of hydrogen-bond donors (Lipinski definition) is 0. The van der Waals surface area contributed by atoms with Crippen LogP contribution in [-0.2, 0) is 4.74 Å². The van der Waals surface area contributed by atoms with Crippen LogP contribution in [0.2, 0.25) is 5.02 Å². The van der Waals surface area contributed by atoms with Gasteiger partial charge in [-0.15, -0.1) is 0 Å². The van der Waals surface area contributed by atoms with Crippen molar-refractivity contribution >= 4 is 23.4 Å². The highest BCUT2D eigenvalue weighted by Crippen LogP contribution is 2.23. The van der Waals surface area contributed by atoms with E-state index in [4.69, 9.17) is 16.3 Å². The number of nitrogens with zero attached hydrogens (tertiary/aromatic N) is 1. The fourth-order valence-electron chi connectivity index (χ4n) is 3.19. The Bertz CT molecular complexity index is 1020. The normalized spacial score (nSPS) is 11.9. The predicted molar refractivity (Wildman–Crippen MR) is 111 cm³/mol. The number of benzene rings is 2. The molecule has 3 aromatic rings. The lowest BCUT2D eigenvalue weighted by atomic mass is 10.1. The molecule has 4 nitrogen and oxygen atoms in total. The molecule has 144 valence electrons. The zero-order valence-electron chi connectivity index (χ0n) is 16.3. The fourth-order valence-corrected chi connectivity index (χ4v) is 3.31. The van der Waals surface area contributed by atoms with Crippen LogP contribution in [0, 0.1) is 20.8 Å². The maximum absolute atomic E-state index is 12.7. The van der Waals surface area contributed by atoms with Crippen molar-refractivity contribution in [3.05, 3.63) is 87.7 Å². The molecule has 0 spiro atoms. The van der Waals surface area contributed by atoms with Gasteiger partial charge < -0.3 is 9.30 Å². The minimum Gasteiger partial charge on any atom is -0.451 e. The van der Waals surface area contributed by atoms with E-state index in [1.54, 1.807) is 37.3 Å². The first-order valence-electron chi connectivity index (χ1n) is 9.04. The van der Waals surface area contributed by atoms with Crippen LogP contribution in [0.25, 0.3) is 5.69 Å². The fraction of sp³-hybridized carbons (Fsp3) is 0.217. The largest absolute Gasteiger partial charge is 0.451 e. The van der Waals surface area contributed by atoms with Gasteiger partial charge in [-0.05, 0) is 70.2 Å². The van der Waals surface area contributed by atoms with E-state index in [0.717, 1.165) is 17.1 Å². The van der Waals surface area contributed by atoms with Gasteiger partial charge in [0.2, 0.25) is 5.78 Å². The highest BCUT2D eigenvalue weighted by Gasteiger charge is 2.23. The van der Waals surface area contributed by atoms with Crippen molar-refractivity contribution in [2.75, 3.05) is 0 Å². The van der Waals surface area contributed by atoms with Gasteiger partial charge in [0, 0.05) is 27.7 Å². The monoisotopic (exact) mass is 395 g/mol. The van der Waals surface area contributed by atoms with Gasteiger partial charge in [-0.3, -0.25) is 4.79 Å². The molecule has 5 heteroatoms. The molecular weight excluding hydrogens is 374 g/mol. The van der Waals surface area contributed by atoms with E-state index in [-0.39, 0.29) is 5.78 Å². The first kappa shape index (κ1) is 19.9. The van der Waals surface area contributed by atoms with Gasteiger partial charge in [-0.1, -0.05) is 29.3 Å². The molecule has 1 atom stereocenters. The molecule has 0 aliphatic rings. The van der Waals surface area contributed by atoms with E-state index in [9.17, 15) is 9.59 Å². The third-order valence-corrected chi connectivity index (χ3v) is 4.98. The molecule has 0 N–H and O–H groups in total. The molecule has 0 aliphatic carbocycles. The van der Waals surface area contributed by atoms with E-state index in [2.05, 4.69) is 0 Å². The molecule has 0 saturated heterocycles. The standard InChI is InChI=1S/C23H22ClNO3/c1-14-5-11-20(12-6-14)25-15(2)13-21(16(25)3)23(27)28-17(4)22(26)18-7-9-19(24)10-8-18/h5-13,17H,1-4H3/t17-/m1/s1. The molecule has 28 heavy (non-hydrogen) atoms. The molecule has 0 radical (unpaired) electrons. The number of hydrogen-bond acceptors (Lipinski definition) is 3. The van der Waals surface area contributed by atoms with E-state index in [1.165, 1.54) is 5.56 Å². The summed E-state index contributed by atoms with van der Waals surface area (Å²) in [5.41, 5.74) is 4.75. The molecule has 3 rings (SSSR count). The van der Waals surface area contributed by atoms with Gasteiger partial charge in [0.25, 0.3) is 0 Å². The van der Waals surface area contributed by atoms with E-state index >= 15 is 0 Å². The quantitative estimate of drug-likeness (QED) is 0.424. The summed E-state index contributed by atoms with van der Waals surface area (Å²) in [5, 5.41) is 0.546. The number of halogens is 1. The second-order valence-electron chi connectivity index (χ2n) is 6.87. The second kappa shape index (κ2) is 8.03. The Morgan fingerprint density at radius 1 is 0.964 bits per heavy atom. The van der Waals surface area contributed by atoms with Gasteiger partial charge >= 0.3 is 5.97 Å². The number of carbonyl (C=O) groups excluding carboxylic acids is 2. The highest BCUT2D eigenvalue weighted by molar-refractivity contribution is 6.30. The maximum Gasteiger partial charge on any atom is 0.340 e. The SMILES string of the molecule is Cc1ccc(-n2c(C)cc(C(=O)O[C@H](C)C(=O)c3ccc(Cl)cc3)c2C)cc1. The molecule has 0 amide bonds. The summed E-state index contributed by atoms with van der Waals surface area (Å²) < 4.78 is 7.45. The van der Waals surface area contributed by atoms with Crippen molar-refractivity contribution in [1.82, 2.24) is 4.57 Å². The van der Waals surface area contributed by atoms with Gasteiger partial charge in [0.1, 0.15) is 0 Å². The lowest BCUT2D eigenvalue weighted by Gasteiger charge is -2.13. The average Bonchev–Trinajstić information content (AvgIpc) is 2.97. The van der Waals surface area contributed by atoms with Gasteiger partial charge in [0.05, 0.1) is 5.56 Å². The van der Waals surface area contributed by atoms with Crippen LogP contribution in [0.15, 0.2) is 54.6 Å². The summed E-state index contributed by atoms with van der Waals surface area (Å²) >= 11 is 5.85. The number of rotatable bonds is 5. The summed E-state index contributed by atoms with van der Waals surface area (Å²) in [4.78, 5) is 25.2. The molecule has 0 saturated carbocycles. The lowest BCUT2D eigenvalue weighted by molar-refractivity contribution is 0.0318. The van der Waals surface area contributed by atoms with Crippen LogP contribution in [0.4, 0.5) is 0 Å². The topological polar surface area (TPSA) is 48.3 Å². The third kappa shape index (κ3) is 4.02. The van der Waals surface area contributed by atoms with Crippen molar-refractivity contribution in [2.24, 2.45) is 0 Å². The van der Waals surface area contributed by atoms with Gasteiger partial charge in [0.15, 0.2) is 6.10 Å². The zero-order chi connectivity index (χ0) is 20.4. The predicted octanol–water partition coefficient (Wildman–Crippen LogP) is 5.48. The van der Waals surface area contributed by atoms with E-state index < -0.39 is 12.1 Å². The van der Waals surface area contributed by atoms with Crippen LogP contribution in [0.5, 0.6) is 0 Å². The van der Waals surface area contributed by atoms with Crippen molar-refractivity contribution in [2.45, 2.75) is 33.8 Å². The number of esters is 1. The van der Waals surface area contributed by atoms with Gasteiger partial charge in [-0.2, -0.15) is 0 Å². The Morgan fingerprint density at radius 3 is 2.18 bits per heavy atom. The number of ketones is 1. The molecule has 0 aliphatic heterocycles. The summed E-state index contributed by atoms with van der Waals surface area (Å²) in [6, 6.07) is 16.4. The van der Waals surface area contributed by atoms with Crippen LogP contribution in [0.3, 0.4) is 0 Å². The molecular formula is C23H22ClNO3. The van der Waals surface area contributed by atoms with Crippen LogP contribution in [0.1, 0.15) is 44.6 Å². The summed E-state index contributed by atoms with van der Waals surface area (Å²) in [5.74, 6) is -0.779. The summed E-state index contributed by atoms with van der Waals surface area (Å²) in [6.45, 7) is 7.41. The summed E-state index contributed by atoms with van der Waals surface area (Å²) in [6.07, 6.45) is -0.892. The molecule has 0 fully saturated rings. The average molecular weight is 396 g/mol. The Balaban J connectivity index is 1.81. The molecule has 1 aromatic heterocycles. The van der Waals surface area contributed by atoms with Crippen LogP contribution < -0.4 is 0 Å². The number of ether oxygens (including phenoxy) is 1. The Morgan fingerprint density at radius 2 is 1.57 bits per heavy atom. The summed E-state index contributed by atoms with van der Waals surface area (Å²) in [7, 11) is 0. The van der Waals surface area contributed by atoms with Crippen molar-refractivity contribution in [1.29, 1.82) is 0 Å². The minimum absolute atomic E-state index is 0.266. The number of Topliss-reactive ketones (excluding diaryl/α,β-unsaturated/α-hetero) is 1. The number of aryl methyl sites for hydroxylation is 2. The second-order valence-corrected chi connectivity index (χ2v) is 7.31. The molecule has 2 aromatic carbocycles. The first-order chi connectivity index (χ1) is 13.3. The van der Waals surface area contributed by atoms with Crippen molar-refractivity contribution in [3.63, 3.8) is 0 Å². The van der Waals surface area contributed by atoms with Crippen molar-refractivity contribution < 1.29 is 14.3 Å². The Hall–Kier alpha value is -2.85. The number of aromatic nitrogens is 1. The minimum atomic E-state index is -0.892. The van der Waals surface area contributed by atoms with E-state index in [0.29, 0.717) is 16.1 Å². The zero-order valence-corrected chi connectivity index (χ0v) is 17.1. The first-order valence-corrected chi connectivity index (χ1v) is 9.42. The number of carbonyl (C=O) groups is 2. The van der Waals surface area contributed by atoms with Crippen LogP contribution in [-0.4, -0.2) is 22.4 Å². The smallest absolute Gasteiger partial charge is 0.340 e. The molecule has 1 heterocycles. The Labute approximate surface area is 169 Å². The third-order valence-electron chi connectivity index (χ3n) is 4.72. The maximum atomic E-state index is 12.7. The van der Waals surface area contributed by atoms with E-state index in [1.807, 2.05) is 49.6 Å². The Kier molecular flexibility index (Phi) is 5.71. The molecule has 0 unspecified atom stereocenters. The lowest BCUT2D eigenvalue weighted by Crippen LogP contribution is -2.24. The molecule has 0 bridgehead atoms. The van der Waals surface area contributed by atoms with Gasteiger partial charge in [-0.25, -0.2) is 4.79 Å². The van der Waals surface area contributed by atoms with Crippen molar-refractivity contribution in [3.8, 4) is 5.69 Å².